The van der Waals surface area contributed by atoms with Gasteiger partial charge >= 0.3 is 0 Å². The molecule has 0 spiro atoms. The molecule has 0 amide bonds. The van der Waals surface area contributed by atoms with Crippen LogP contribution < -0.4 is 5.32 Å². The molecule has 0 heterocycles. The first-order chi connectivity index (χ1) is 8.66. The Bertz CT molecular complexity index is 513. The maximum Gasteiger partial charge on any atom is 0.0638 e. The maximum absolute atomic E-state index is 6.14. The fraction of sp³-hybridized carbons (Fsp3) is 0.200. The zero-order valence-corrected chi connectivity index (χ0v) is 12.5. The predicted molar refractivity (Wildman–Crippen MR) is 82.5 cm³/mol. The zero-order valence-electron chi connectivity index (χ0n) is 10.2. The highest BCUT2D eigenvalue weighted by Gasteiger charge is 2.06. The van der Waals surface area contributed by atoms with Gasteiger partial charge in [-0.15, -0.1) is 0 Å². The number of hydrogen-bond donors (Lipinski definition) is 1. The third-order valence-corrected chi connectivity index (χ3v) is 3.72. The van der Waals surface area contributed by atoms with Crippen LogP contribution in [-0.2, 0) is 0 Å². The number of benzene rings is 2. The molecule has 0 aliphatic rings. The van der Waals surface area contributed by atoms with Crippen molar-refractivity contribution in [2.75, 3.05) is 11.9 Å². The summed E-state index contributed by atoms with van der Waals surface area (Å²) in [6.07, 6.45) is 0. The van der Waals surface area contributed by atoms with Crippen molar-refractivity contribution in [3.8, 4) is 0 Å². The van der Waals surface area contributed by atoms with Gasteiger partial charge in [0, 0.05) is 11.0 Å². The molecule has 1 nitrogen and oxygen atoms in total. The molecule has 0 fully saturated rings. The predicted octanol–water partition coefficient (Wildman–Crippen LogP) is 5.32. The van der Waals surface area contributed by atoms with E-state index in [-0.39, 0.29) is 0 Å². The summed E-state index contributed by atoms with van der Waals surface area (Å²) in [5, 5.41) is 4.14. The molecular formula is C15H15BrClN. The second-order valence-corrected chi connectivity index (χ2v) is 5.64. The summed E-state index contributed by atoms with van der Waals surface area (Å²) in [5.41, 5.74) is 2.30. The molecule has 2 rings (SSSR count). The second-order valence-electron chi connectivity index (χ2n) is 4.32. The lowest BCUT2D eigenvalue weighted by Crippen LogP contribution is -2.10. The van der Waals surface area contributed by atoms with Crippen LogP contribution in [-0.4, -0.2) is 6.54 Å². The SMILES string of the molecule is CC(CNc1cc(Br)ccc1Cl)c1ccccc1. The van der Waals surface area contributed by atoms with E-state index < -0.39 is 0 Å². The van der Waals surface area contributed by atoms with Crippen LogP contribution in [0.2, 0.25) is 5.02 Å². The minimum absolute atomic E-state index is 0.446. The van der Waals surface area contributed by atoms with Crippen molar-refractivity contribution in [1.29, 1.82) is 0 Å². The van der Waals surface area contributed by atoms with Gasteiger partial charge < -0.3 is 5.32 Å². The molecule has 2 aromatic carbocycles. The average Bonchev–Trinajstić information content (AvgIpc) is 2.40. The van der Waals surface area contributed by atoms with Crippen LogP contribution in [0, 0.1) is 0 Å². The molecule has 18 heavy (non-hydrogen) atoms. The van der Waals surface area contributed by atoms with Crippen LogP contribution in [0.1, 0.15) is 18.4 Å². The van der Waals surface area contributed by atoms with Gasteiger partial charge in [0.15, 0.2) is 0 Å². The highest BCUT2D eigenvalue weighted by molar-refractivity contribution is 9.10. The molecule has 1 unspecified atom stereocenters. The van der Waals surface area contributed by atoms with Gasteiger partial charge in [0.1, 0.15) is 0 Å². The Hall–Kier alpha value is -0.990. The number of nitrogens with one attached hydrogen (secondary N) is 1. The van der Waals surface area contributed by atoms with Gasteiger partial charge in [-0.2, -0.15) is 0 Å². The summed E-state index contributed by atoms with van der Waals surface area (Å²) in [6, 6.07) is 16.3. The van der Waals surface area contributed by atoms with E-state index in [1.54, 1.807) is 0 Å². The van der Waals surface area contributed by atoms with E-state index in [1.165, 1.54) is 5.56 Å². The van der Waals surface area contributed by atoms with Gasteiger partial charge in [-0.05, 0) is 29.7 Å². The standard InChI is InChI=1S/C15H15BrClN/c1-11(12-5-3-2-4-6-12)10-18-15-9-13(16)7-8-14(15)17/h2-9,11,18H,10H2,1H3. The number of halogens is 2. The summed E-state index contributed by atoms with van der Waals surface area (Å²) in [5.74, 6) is 0.446. The number of rotatable bonds is 4. The maximum atomic E-state index is 6.14. The highest BCUT2D eigenvalue weighted by Crippen LogP contribution is 2.26. The Morgan fingerprint density at radius 1 is 1.17 bits per heavy atom. The van der Waals surface area contributed by atoms with Crippen LogP contribution >= 0.6 is 27.5 Å². The Morgan fingerprint density at radius 3 is 2.61 bits per heavy atom. The van der Waals surface area contributed by atoms with E-state index in [2.05, 4.69) is 52.4 Å². The molecule has 1 atom stereocenters. The molecule has 0 radical (unpaired) electrons. The van der Waals surface area contributed by atoms with E-state index >= 15 is 0 Å². The molecule has 2 aromatic rings. The smallest absolute Gasteiger partial charge is 0.0638 e. The van der Waals surface area contributed by atoms with Crippen molar-refractivity contribution < 1.29 is 0 Å². The van der Waals surface area contributed by atoms with E-state index in [0.717, 1.165) is 21.7 Å². The molecule has 1 N–H and O–H groups in total. The first-order valence-electron chi connectivity index (χ1n) is 5.90. The molecule has 3 heteroatoms. The molecule has 0 aliphatic carbocycles. The van der Waals surface area contributed by atoms with E-state index in [1.807, 2.05) is 24.3 Å². The Morgan fingerprint density at radius 2 is 1.89 bits per heavy atom. The fourth-order valence-electron chi connectivity index (χ4n) is 1.80. The average molecular weight is 325 g/mol. The largest absolute Gasteiger partial charge is 0.383 e. The van der Waals surface area contributed by atoms with Crippen molar-refractivity contribution in [1.82, 2.24) is 0 Å². The van der Waals surface area contributed by atoms with Crippen LogP contribution in [0.5, 0.6) is 0 Å². The van der Waals surface area contributed by atoms with Crippen LogP contribution in [0.25, 0.3) is 0 Å². The topological polar surface area (TPSA) is 12.0 Å². The molecule has 0 saturated carbocycles. The van der Waals surface area contributed by atoms with Crippen molar-refractivity contribution >= 4 is 33.2 Å². The Labute approximate surface area is 121 Å². The van der Waals surface area contributed by atoms with Gasteiger partial charge in [0.2, 0.25) is 0 Å². The molecule has 0 saturated heterocycles. The van der Waals surface area contributed by atoms with Gasteiger partial charge in [0.05, 0.1) is 10.7 Å². The second kappa shape index (κ2) is 6.26. The third-order valence-electron chi connectivity index (χ3n) is 2.90. The quantitative estimate of drug-likeness (QED) is 0.802. The molecule has 0 aliphatic heterocycles. The summed E-state index contributed by atoms with van der Waals surface area (Å²) in [6.45, 7) is 3.06. The van der Waals surface area contributed by atoms with E-state index in [4.69, 9.17) is 11.6 Å². The number of hydrogen-bond acceptors (Lipinski definition) is 1. The minimum Gasteiger partial charge on any atom is -0.383 e. The molecule has 0 bridgehead atoms. The third kappa shape index (κ3) is 3.50. The Kier molecular flexibility index (Phi) is 4.67. The monoisotopic (exact) mass is 323 g/mol. The lowest BCUT2D eigenvalue weighted by atomic mass is 10.0. The summed E-state index contributed by atoms with van der Waals surface area (Å²) < 4.78 is 1.03. The van der Waals surface area contributed by atoms with Crippen molar-refractivity contribution in [3.05, 3.63) is 63.6 Å². The van der Waals surface area contributed by atoms with Gasteiger partial charge in [0.25, 0.3) is 0 Å². The summed E-state index contributed by atoms with van der Waals surface area (Å²) in [4.78, 5) is 0. The normalized spacial score (nSPS) is 12.2. The highest BCUT2D eigenvalue weighted by atomic mass is 79.9. The van der Waals surface area contributed by atoms with Crippen molar-refractivity contribution in [2.24, 2.45) is 0 Å². The van der Waals surface area contributed by atoms with Gasteiger partial charge in [-0.25, -0.2) is 0 Å². The first-order valence-corrected chi connectivity index (χ1v) is 7.08. The van der Waals surface area contributed by atoms with Crippen LogP contribution in [0.3, 0.4) is 0 Å². The first kappa shape index (κ1) is 13.4. The van der Waals surface area contributed by atoms with Crippen LogP contribution in [0.15, 0.2) is 53.0 Å². The molecular weight excluding hydrogens is 310 g/mol. The van der Waals surface area contributed by atoms with E-state index in [9.17, 15) is 0 Å². The minimum atomic E-state index is 0.446. The summed E-state index contributed by atoms with van der Waals surface area (Å²) in [7, 11) is 0. The molecule has 94 valence electrons. The zero-order chi connectivity index (χ0) is 13.0. The fourth-order valence-corrected chi connectivity index (χ4v) is 2.34. The molecule has 0 aromatic heterocycles. The van der Waals surface area contributed by atoms with Crippen LogP contribution in [0.4, 0.5) is 5.69 Å². The van der Waals surface area contributed by atoms with E-state index in [0.29, 0.717) is 5.92 Å². The summed E-state index contributed by atoms with van der Waals surface area (Å²) >= 11 is 9.59. The Balaban J connectivity index is 2.01. The van der Waals surface area contributed by atoms with Gasteiger partial charge in [-0.1, -0.05) is 64.8 Å². The number of anilines is 1. The van der Waals surface area contributed by atoms with Gasteiger partial charge in [-0.3, -0.25) is 0 Å². The lowest BCUT2D eigenvalue weighted by Gasteiger charge is -2.15. The van der Waals surface area contributed by atoms with Crippen molar-refractivity contribution in [3.63, 3.8) is 0 Å². The van der Waals surface area contributed by atoms with Crippen molar-refractivity contribution in [2.45, 2.75) is 12.8 Å². The lowest BCUT2D eigenvalue weighted by molar-refractivity contribution is 0.805.